The monoisotopic (exact) mass is 220 g/mol. The summed E-state index contributed by atoms with van der Waals surface area (Å²) in [5.74, 6) is -2.90. The van der Waals surface area contributed by atoms with E-state index in [0.29, 0.717) is 0 Å². The van der Waals surface area contributed by atoms with E-state index in [2.05, 4.69) is 4.74 Å². The van der Waals surface area contributed by atoms with E-state index in [1.165, 1.54) is 0 Å². The summed E-state index contributed by atoms with van der Waals surface area (Å²) in [6.07, 6.45) is 0. The third kappa shape index (κ3) is 11.2. The Balaban J connectivity index is 0. The van der Waals surface area contributed by atoms with Crippen LogP contribution in [0.15, 0.2) is 0 Å². The molecule has 0 unspecified atom stereocenters. The van der Waals surface area contributed by atoms with Gasteiger partial charge in [-0.15, -0.1) is 0 Å². The second-order valence-corrected chi connectivity index (χ2v) is 1.24. The molecule has 52 valence electrons. The Bertz CT molecular complexity index is 109. The van der Waals surface area contributed by atoms with E-state index >= 15 is 0 Å². The van der Waals surface area contributed by atoms with Gasteiger partial charge in [0.2, 0.25) is 0 Å². The number of aliphatic carboxylic acids is 2. The molecule has 0 aromatic heterocycles. The Labute approximate surface area is 94.2 Å². The Morgan fingerprint density at radius 3 is 1.60 bits per heavy atom. The molecule has 0 aliphatic heterocycles. The normalized spacial score (nSPS) is 8.00. The minimum Gasteiger partial charge on any atom is -0.548 e. The summed E-state index contributed by atoms with van der Waals surface area (Å²) in [6.45, 7) is -1.43. The van der Waals surface area contributed by atoms with E-state index in [4.69, 9.17) is 0 Å². The summed E-state index contributed by atoms with van der Waals surface area (Å²) in [4.78, 5) is 19.1. The van der Waals surface area contributed by atoms with Gasteiger partial charge >= 0.3 is 45.5 Å². The van der Waals surface area contributed by atoms with Crippen molar-refractivity contribution in [1.82, 2.24) is 0 Å². The van der Waals surface area contributed by atoms with Gasteiger partial charge in [0.05, 0.1) is 25.2 Å². The zero-order chi connectivity index (χ0) is 7.28. The first-order chi connectivity index (χ1) is 4.13. The van der Waals surface area contributed by atoms with Crippen molar-refractivity contribution in [3.8, 4) is 0 Å². The van der Waals surface area contributed by atoms with Crippen LogP contribution in [-0.2, 0) is 14.3 Å². The van der Waals surface area contributed by atoms with Crippen molar-refractivity contribution >= 4 is 57.4 Å². The Hall–Kier alpha value is 0.381. The van der Waals surface area contributed by atoms with Gasteiger partial charge in [-0.05, 0) is 0 Å². The van der Waals surface area contributed by atoms with Crippen LogP contribution in [0.2, 0.25) is 0 Å². The second kappa shape index (κ2) is 7.49. The number of carboxylic acids is 2. The van der Waals surface area contributed by atoms with Gasteiger partial charge in [-0.3, -0.25) is 0 Å². The molecule has 0 radical (unpaired) electrons. The van der Waals surface area contributed by atoms with Crippen molar-refractivity contribution in [3.63, 3.8) is 0 Å². The molecule has 0 N–H and O–H groups in total. The predicted octanol–water partition coefficient (Wildman–Crippen LogP) is -3.88. The molecular formula is C4H4O5Sr. The first kappa shape index (κ1) is 13.0. The maximum absolute atomic E-state index is 9.53. The molecule has 10 heavy (non-hydrogen) atoms. The van der Waals surface area contributed by atoms with Gasteiger partial charge in [0.15, 0.2) is 0 Å². The van der Waals surface area contributed by atoms with E-state index in [0.717, 1.165) is 0 Å². The summed E-state index contributed by atoms with van der Waals surface area (Å²) in [5.41, 5.74) is 0. The van der Waals surface area contributed by atoms with Crippen LogP contribution >= 0.6 is 0 Å². The fourth-order valence-electron chi connectivity index (χ4n) is 0.218. The van der Waals surface area contributed by atoms with Gasteiger partial charge in [-0.2, -0.15) is 0 Å². The summed E-state index contributed by atoms with van der Waals surface area (Å²) >= 11 is 0. The molecule has 0 saturated heterocycles. The molecule has 0 heterocycles. The van der Waals surface area contributed by atoms with Crippen molar-refractivity contribution in [3.05, 3.63) is 0 Å². The van der Waals surface area contributed by atoms with Crippen LogP contribution < -0.4 is 10.2 Å². The van der Waals surface area contributed by atoms with Crippen molar-refractivity contribution in [2.75, 3.05) is 13.2 Å². The smallest absolute Gasteiger partial charge is 0.548 e. The molecule has 0 atom stereocenters. The number of carbonyl (C=O) groups is 2. The zero-order valence-electron chi connectivity index (χ0n) is 5.16. The molecule has 0 rings (SSSR count). The molecule has 0 fully saturated rings. The fourth-order valence-corrected chi connectivity index (χ4v) is 0.218. The van der Waals surface area contributed by atoms with Gasteiger partial charge in [-0.25, -0.2) is 0 Å². The van der Waals surface area contributed by atoms with Crippen molar-refractivity contribution in [1.29, 1.82) is 0 Å². The summed E-state index contributed by atoms with van der Waals surface area (Å²) in [5, 5.41) is 19.1. The third-order valence-corrected chi connectivity index (χ3v) is 0.440. The molecule has 0 amide bonds. The molecule has 0 saturated carbocycles. The van der Waals surface area contributed by atoms with Crippen molar-refractivity contribution in [2.24, 2.45) is 0 Å². The molecule has 0 aromatic carbocycles. The Morgan fingerprint density at radius 1 is 1.10 bits per heavy atom. The summed E-state index contributed by atoms with van der Waals surface area (Å²) in [6, 6.07) is 0. The van der Waals surface area contributed by atoms with Gasteiger partial charge in [0.1, 0.15) is 0 Å². The van der Waals surface area contributed by atoms with E-state index in [9.17, 15) is 19.8 Å². The molecular weight excluding hydrogens is 216 g/mol. The molecule has 0 aliphatic rings. The quantitative estimate of drug-likeness (QED) is 0.452. The number of hydrogen-bond donors (Lipinski definition) is 0. The van der Waals surface area contributed by atoms with Crippen LogP contribution in [0.4, 0.5) is 0 Å². The minimum atomic E-state index is -1.45. The molecule has 0 bridgehead atoms. The summed E-state index contributed by atoms with van der Waals surface area (Å²) in [7, 11) is 0. The topological polar surface area (TPSA) is 89.5 Å². The van der Waals surface area contributed by atoms with Crippen LogP contribution in [0.1, 0.15) is 0 Å². The maximum atomic E-state index is 9.53. The number of hydrogen-bond acceptors (Lipinski definition) is 5. The van der Waals surface area contributed by atoms with Crippen LogP contribution in [-0.4, -0.2) is 70.6 Å². The Kier molecular flexibility index (Phi) is 9.74. The predicted molar refractivity (Wildman–Crippen MR) is 26.6 cm³/mol. The number of carboxylic acid groups (broad SMARTS) is 2. The summed E-state index contributed by atoms with van der Waals surface area (Å²) < 4.78 is 4.03. The van der Waals surface area contributed by atoms with E-state index < -0.39 is 25.2 Å². The van der Waals surface area contributed by atoms with Crippen LogP contribution in [0.25, 0.3) is 0 Å². The number of ether oxygens (including phenoxy) is 1. The molecule has 0 spiro atoms. The number of rotatable bonds is 4. The first-order valence-electron chi connectivity index (χ1n) is 2.10. The minimum absolute atomic E-state index is 0. The second-order valence-electron chi connectivity index (χ2n) is 1.24. The van der Waals surface area contributed by atoms with Crippen LogP contribution in [0.3, 0.4) is 0 Å². The van der Waals surface area contributed by atoms with Gasteiger partial charge in [0.25, 0.3) is 0 Å². The average Bonchev–Trinajstić information content (AvgIpc) is 1.63. The van der Waals surface area contributed by atoms with Gasteiger partial charge < -0.3 is 24.5 Å². The van der Waals surface area contributed by atoms with Crippen molar-refractivity contribution in [2.45, 2.75) is 0 Å². The van der Waals surface area contributed by atoms with Gasteiger partial charge in [-0.1, -0.05) is 0 Å². The van der Waals surface area contributed by atoms with E-state index in [-0.39, 0.29) is 45.5 Å². The van der Waals surface area contributed by atoms with E-state index in [1.807, 2.05) is 0 Å². The average molecular weight is 220 g/mol. The molecule has 0 aliphatic carbocycles. The number of carbonyl (C=O) groups excluding carboxylic acids is 2. The first-order valence-corrected chi connectivity index (χ1v) is 2.10. The van der Waals surface area contributed by atoms with Gasteiger partial charge in [0, 0.05) is 0 Å². The Morgan fingerprint density at radius 2 is 1.40 bits per heavy atom. The van der Waals surface area contributed by atoms with Crippen LogP contribution in [0, 0.1) is 0 Å². The molecule has 6 heteroatoms. The van der Waals surface area contributed by atoms with Crippen molar-refractivity contribution < 1.29 is 24.5 Å². The molecule has 0 aromatic rings. The fraction of sp³-hybridized carbons (Fsp3) is 0.500. The van der Waals surface area contributed by atoms with E-state index in [1.54, 1.807) is 0 Å². The maximum Gasteiger partial charge on any atom is 2.00 e. The largest absolute Gasteiger partial charge is 2.00 e. The zero-order valence-corrected chi connectivity index (χ0v) is 8.64. The SMILES string of the molecule is O=C([O-])COCC(=O)[O-].[Sr+2]. The van der Waals surface area contributed by atoms with Crippen LogP contribution in [0.5, 0.6) is 0 Å². The molecule has 5 nitrogen and oxygen atoms in total. The standard InChI is InChI=1S/C4H6O5.Sr/c5-3(6)1-9-2-4(7)8;/h1-2H2,(H,5,6)(H,7,8);/q;+2/p-2. The third-order valence-electron chi connectivity index (χ3n) is 0.440.